The van der Waals surface area contributed by atoms with E-state index in [0.717, 1.165) is 5.56 Å². The Kier molecular flexibility index (Phi) is 6.02. The summed E-state index contributed by atoms with van der Waals surface area (Å²) in [5.41, 5.74) is 1.98. The highest BCUT2D eigenvalue weighted by Crippen LogP contribution is 2.34. The van der Waals surface area contributed by atoms with Gasteiger partial charge in [-0.05, 0) is 38.2 Å². The smallest absolute Gasteiger partial charge is 0.262 e. The molecule has 1 heterocycles. The van der Waals surface area contributed by atoms with Crippen molar-refractivity contribution >= 4 is 21.6 Å². The Hall–Kier alpha value is -2.42. The van der Waals surface area contributed by atoms with Crippen LogP contribution in [0.15, 0.2) is 47.4 Å². The lowest BCUT2D eigenvalue weighted by atomic mass is 10.2. The molecular weight excluding hydrogens is 378 g/mol. The average molecular weight is 404 g/mol. The van der Waals surface area contributed by atoms with E-state index in [4.69, 9.17) is 4.74 Å². The summed E-state index contributed by atoms with van der Waals surface area (Å²) in [7, 11) is 0.0627. The first kappa shape index (κ1) is 20.3. The molecule has 1 aliphatic rings. The van der Waals surface area contributed by atoms with E-state index in [1.165, 1.54) is 10.4 Å². The SMILES string of the molecule is Cc1cc2c(cc1S(=O)(=O)N(CCN(C)C)Cc1ccccc1)OCC(=O)N2. The number of aryl methyl sites for hydroxylation is 1. The second kappa shape index (κ2) is 8.30. The summed E-state index contributed by atoms with van der Waals surface area (Å²) in [6, 6.07) is 12.7. The Morgan fingerprint density at radius 2 is 1.82 bits per heavy atom. The lowest BCUT2D eigenvalue weighted by molar-refractivity contribution is -0.118. The molecule has 0 spiro atoms. The van der Waals surface area contributed by atoms with Crippen molar-refractivity contribution in [2.45, 2.75) is 18.4 Å². The van der Waals surface area contributed by atoms with Gasteiger partial charge in [-0.25, -0.2) is 8.42 Å². The number of nitrogens with zero attached hydrogens (tertiary/aromatic N) is 2. The Balaban J connectivity index is 1.97. The van der Waals surface area contributed by atoms with Crippen LogP contribution in [0.1, 0.15) is 11.1 Å². The molecule has 1 N–H and O–H groups in total. The Bertz CT molecular complexity index is 959. The van der Waals surface area contributed by atoms with Crippen molar-refractivity contribution < 1.29 is 17.9 Å². The standard InChI is InChI=1S/C20H25N3O4S/c1-15-11-17-18(27-14-20(24)21-17)12-19(15)28(25,26)23(10-9-22(2)3)13-16-7-5-4-6-8-16/h4-8,11-12H,9-10,13-14H2,1-3H3,(H,21,24). The van der Waals surface area contributed by atoms with Gasteiger partial charge in [0, 0.05) is 25.7 Å². The highest BCUT2D eigenvalue weighted by Gasteiger charge is 2.29. The summed E-state index contributed by atoms with van der Waals surface area (Å²) in [5.74, 6) is 0.121. The van der Waals surface area contributed by atoms with Crippen LogP contribution in [-0.2, 0) is 21.4 Å². The van der Waals surface area contributed by atoms with Crippen LogP contribution in [0.2, 0.25) is 0 Å². The van der Waals surface area contributed by atoms with Crippen LogP contribution in [0.25, 0.3) is 0 Å². The number of anilines is 1. The van der Waals surface area contributed by atoms with Crippen molar-refractivity contribution in [3.05, 3.63) is 53.6 Å². The highest BCUT2D eigenvalue weighted by atomic mass is 32.2. The van der Waals surface area contributed by atoms with Gasteiger partial charge in [0.15, 0.2) is 6.61 Å². The second-order valence-corrected chi connectivity index (χ2v) is 8.98. The van der Waals surface area contributed by atoms with Gasteiger partial charge in [-0.3, -0.25) is 4.79 Å². The number of nitrogens with one attached hydrogen (secondary N) is 1. The quantitative estimate of drug-likeness (QED) is 0.766. The van der Waals surface area contributed by atoms with Gasteiger partial charge >= 0.3 is 0 Å². The van der Waals surface area contributed by atoms with Gasteiger partial charge < -0.3 is 15.0 Å². The number of ether oxygens (including phenoxy) is 1. The van der Waals surface area contributed by atoms with Crippen LogP contribution in [0.5, 0.6) is 5.75 Å². The van der Waals surface area contributed by atoms with Crippen molar-refractivity contribution in [2.75, 3.05) is 39.1 Å². The lowest BCUT2D eigenvalue weighted by Gasteiger charge is -2.26. The Morgan fingerprint density at radius 3 is 2.50 bits per heavy atom. The number of hydrogen-bond donors (Lipinski definition) is 1. The molecular formula is C20H25N3O4S. The third kappa shape index (κ3) is 4.52. The fraction of sp³-hybridized carbons (Fsp3) is 0.350. The molecule has 1 aliphatic heterocycles. The maximum Gasteiger partial charge on any atom is 0.262 e. The number of likely N-dealkylation sites (N-methyl/N-ethyl adjacent to an activating group) is 1. The van der Waals surface area contributed by atoms with Crippen LogP contribution in [0.3, 0.4) is 0 Å². The molecule has 0 saturated heterocycles. The number of hydrogen-bond acceptors (Lipinski definition) is 5. The second-order valence-electron chi connectivity index (χ2n) is 7.08. The largest absolute Gasteiger partial charge is 0.482 e. The molecule has 0 atom stereocenters. The van der Waals surface area contributed by atoms with E-state index in [2.05, 4.69) is 5.32 Å². The third-order valence-electron chi connectivity index (χ3n) is 4.53. The number of carbonyl (C=O) groups is 1. The van der Waals surface area contributed by atoms with E-state index in [1.807, 2.05) is 49.3 Å². The maximum atomic E-state index is 13.5. The van der Waals surface area contributed by atoms with Gasteiger partial charge in [-0.1, -0.05) is 30.3 Å². The average Bonchev–Trinajstić information content (AvgIpc) is 2.64. The molecule has 0 fully saturated rings. The zero-order chi connectivity index (χ0) is 20.3. The molecule has 0 bridgehead atoms. The number of benzene rings is 2. The van der Waals surface area contributed by atoms with Gasteiger partial charge in [0.05, 0.1) is 10.6 Å². The van der Waals surface area contributed by atoms with Crippen molar-refractivity contribution in [3.8, 4) is 5.75 Å². The Labute approximate surface area is 166 Å². The molecule has 7 nitrogen and oxygen atoms in total. The van der Waals surface area contributed by atoms with Crippen molar-refractivity contribution in [2.24, 2.45) is 0 Å². The minimum Gasteiger partial charge on any atom is -0.482 e. The summed E-state index contributed by atoms with van der Waals surface area (Å²) in [4.78, 5) is 13.7. The molecule has 3 rings (SSSR count). The molecule has 8 heteroatoms. The van der Waals surface area contributed by atoms with Crippen LogP contribution < -0.4 is 10.1 Å². The van der Waals surface area contributed by atoms with Crippen LogP contribution >= 0.6 is 0 Å². The molecule has 0 radical (unpaired) electrons. The molecule has 0 aliphatic carbocycles. The molecule has 2 aromatic rings. The monoisotopic (exact) mass is 403 g/mol. The van der Waals surface area contributed by atoms with Gasteiger partial charge in [0.2, 0.25) is 10.0 Å². The lowest BCUT2D eigenvalue weighted by Crippen LogP contribution is -2.36. The maximum absolute atomic E-state index is 13.5. The molecule has 28 heavy (non-hydrogen) atoms. The van der Waals surface area contributed by atoms with Gasteiger partial charge in [-0.15, -0.1) is 0 Å². The molecule has 2 aromatic carbocycles. The minimum atomic E-state index is -3.76. The minimum absolute atomic E-state index is 0.121. The van der Waals surface area contributed by atoms with Crippen molar-refractivity contribution in [1.29, 1.82) is 0 Å². The third-order valence-corrected chi connectivity index (χ3v) is 6.51. The van der Waals surface area contributed by atoms with Gasteiger partial charge in [0.25, 0.3) is 5.91 Å². The number of fused-ring (bicyclic) bond motifs is 1. The van der Waals surface area contributed by atoms with Gasteiger partial charge in [0.1, 0.15) is 5.75 Å². The van der Waals surface area contributed by atoms with E-state index in [0.29, 0.717) is 30.1 Å². The first-order chi connectivity index (χ1) is 13.3. The van der Waals surface area contributed by atoms with Gasteiger partial charge in [-0.2, -0.15) is 4.31 Å². The summed E-state index contributed by atoms with van der Waals surface area (Å²) >= 11 is 0. The number of amides is 1. The number of rotatable bonds is 7. The zero-order valence-corrected chi connectivity index (χ0v) is 17.1. The predicted molar refractivity (Wildman–Crippen MR) is 108 cm³/mol. The van der Waals surface area contributed by atoms with E-state index in [-0.39, 0.29) is 24.0 Å². The van der Waals surface area contributed by atoms with Crippen LogP contribution in [0, 0.1) is 6.92 Å². The summed E-state index contributed by atoms with van der Waals surface area (Å²) in [5, 5.41) is 2.71. The summed E-state index contributed by atoms with van der Waals surface area (Å²) in [6.45, 7) is 2.84. The van der Waals surface area contributed by atoms with Crippen LogP contribution in [0.4, 0.5) is 5.69 Å². The van der Waals surface area contributed by atoms with E-state index < -0.39 is 10.0 Å². The highest BCUT2D eigenvalue weighted by molar-refractivity contribution is 7.89. The molecule has 0 aromatic heterocycles. The van der Waals surface area contributed by atoms with Crippen molar-refractivity contribution in [1.82, 2.24) is 9.21 Å². The fourth-order valence-electron chi connectivity index (χ4n) is 3.02. The molecule has 0 saturated carbocycles. The predicted octanol–water partition coefficient (Wildman–Crippen LogP) is 2.08. The van der Waals surface area contributed by atoms with E-state index in [9.17, 15) is 13.2 Å². The summed E-state index contributed by atoms with van der Waals surface area (Å²) < 4.78 is 33.9. The fourth-order valence-corrected chi connectivity index (χ4v) is 4.66. The number of sulfonamides is 1. The zero-order valence-electron chi connectivity index (χ0n) is 16.3. The topological polar surface area (TPSA) is 79.0 Å². The number of carbonyl (C=O) groups excluding carboxylic acids is 1. The van der Waals surface area contributed by atoms with E-state index >= 15 is 0 Å². The first-order valence-electron chi connectivity index (χ1n) is 9.03. The first-order valence-corrected chi connectivity index (χ1v) is 10.5. The Morgan fingerprint density at radius 1 is 1.11 bits per heavy atom. The normalized spacial score (nSPS) is 14.0. The molecule has 1 amide bonds. The van der Waals surface area contributed by atoms with Crippen LogP contribution in [-0.4, -0.2) is 57.3 Å². The summed E-state index contributed by atoms with van der Waals surface area (Å²) in [6.07, 6.45) is 0. The van der Waals surface area contributed by atoms with Crippen molar-refractivity contribution in [3.63, 3.8) is 0 Å². The van der Waals surface area contributed by atoms with E-state index in [1.54, 1.807) is 13.0 Å². The molecule has 150 valence electrons. The molecule has 0 unspecified atom stereocenters.